The molecule has 1 aliphatic heterocycles. The molecule has 0 aromatic heterocycles. The molecule has 0 bridgehead atoms. The lowest BCUT2D eigenvalue weighted by Crippen LogP contribution is -2.37. The highest BCUT2D eigenvalue weighted by atomic mass is 35.5. The van der Waals surface area contributed by atoms with E-state index >= 15 is 0 Å². The average molecular weight is 271 g/mol. The third kappa shape index (κ3) is 1.83. The largest absolute Gasteiger partial charge is 0.272 e. The molecule has 0 radical (unpaired) electrons. The summed E-state index contributed by atoms with van der Waals surface area (Å²) in [6, 6.07) is 18.7. The molecule has 1 amide bonds. The fourth-order valence-electron chi connectivity index (χ4n) is 2.16. The first-order valence-electron chi connectivity index (χ1n) is 5.91. The molecule has 94 valence electrons. The number of carbonyl (C=O) groups excluding carboxylic acids is 1. The molecule has 1 unspecified atom stereocenters. The number of carbonyl (C=O) groups is 1. The Balaban J connectivity index is 2.13. The predicted octanol–water partition coefficient (Wildman–Crippen LogP) is 2.65. The van der Waals surface area contributed by atoms with Gasteiger partial charge in [-0.05, 0) is 5.56 Å². The Hall–Kier alpha value is -2.13. The van der Waals surface area contributed by atoms with Gasteiger partial charge in [-0.15, -0.1) is 0 Å². The number of halogens is 1. The van der Waals surface area contributed by atoms with Gasteiger partial charge in [0, 0.05) is 5.56 Å². The maximum Gasteiger partial charge on any atom is 0.272 e. The van der Waals surface area contributed by atoms with Crippen molar-refractivity contribution in [2.24, 2.45) is 5.10 Å². The summed E-state index contributed by atoms with van der Waals surface area (Å²) in [6.45, 7) is 0. The van der Waals surface area contributed by atoms with Crippen LogP contribution >= 0.6 is 11.6 Å². The zero-order chi connectivity index (χ0) is 13.3. The number of alkyl halides is 1. The van der Waals surface area contributed by atoms with Crippen LogP contribution in [0.3, 0.4) is 0 Å². The fraction of sp³-hybridized carbons (Fsp3) is 0.0667. The van der Waals surface area contributed by atoms with Crippen molar-refractivity contribution in [2.45, 2.75) is 4.87 Å². The SMILES string of the molecule is O=C1NN=C(c2ccccc2)C1(Cl)c1ccccc1. The molecule has 0 fully saturated rings. The maximum absolute atomic E-state index is 12.1. The van der Waals surface area contributed by atoms with Gasteiger partial charge in [-0.1, -0.05) is 72.3 Å². The van der Waals surface area contributed by atoms with Crippen LogP contribution in [-0.4, -0.2) is 11.6 Å². The molecule has 2 aromatic rings. The van der Waals surface area contributed by atoms with E-state index in [1.807, 2.05) is 60.7 Å². The summed E-state index contributed by atoms with van der Waals surface area (Å²) in [6.07, 6.45) is 0. The Labute approximate surface area is 115 Å². The van der Waals surface area contributed by atoms with Crippen LogP contribution in [0.2, 0.25) is 0 Å². The summed E-state index contributed by atoms with van der Waals surface area (Å²) in [5.41, 5.74) is 4.56. The van der Waals surface area contributed by atoms with Crippen LogP contribution in [0.1, 0.15) is 11.1 Å². The molecule has 3 rings (SSSR count). The number of benzene rings is 2. The van der Waals surface area contributed by atoms with Crippen LogP contribution in [-0.2, 0) is 9.67 Å². The molecule has 0 saturated heterocycles. The smallest absolute Gasteiger partial charge is 0.270 e. The minimum atomic E-state index is -1.26. The van der Waals surface area contributed by atoms with Gasteiger partial charge in [-0.25, -0.2) is 5.43 Å². The first kappa shape index (κ1) is 11.9. The van der Waals surface area contributed by atoms with Crippen LogP contribution in [0.15, 0.2) is 65.8 Å². The van der Waals surface area contributed by atoms with E-state index in [0.29, 0.717) is 11.3 Å². The zero-order valence-corrected chi connectivity index (χ0v) is 10.8. The van der Waals surface area contributed by atoms with E-state index in [4.69, 9.17) is 11.6 Å². The minimum absolute atomic E-state index is 0.320. The van der Waals surface area contributed by atoms with E-state index in [1.165, 1.54) is 0 Å². The number of hydrogen-bond donors (Lipinski definition) is 1. The van der Waals surface area contributed by atoms with Gasteiger partial charge < -0.3 is 0 Å². The van der Waals surface area contributed by atoms with E-state index in [-0.39, 0.29) is 5.91 Å². The van der Waals surface area contributed by atoms with E-state index in [1.54, 1.807) is 0 Å². The van der Waals surface area contributed by atoms with Crippen molar-refractivity contribution < 1.29 is 4.79 Å². The topological polar surface area (TPSA) is 41.5 Å². The molecule has 0 aliphatic carbocycles. The fourth-order valence-corrected chi connectivity index (χ4v) is 2.48. The molecule has 2 aromatic carbocycles. The normalized spacial score (nSPS) is 21.9. The lowest BCUT2D eigenvalue weighted by molar-refractivity contribution is -0.121. The van der Waals surface area contributed by atoms with E-state index in [2.05, 4.69) is 10.5 Å². The molecule has 0 saturated carbocycles. The van der Waals surface area contributed by atoms with Crippen molar-refractivity contribution >= 4 is 23.2 Å². The number of amides is 1. The Morgan fingerprint density at radius 2 is 1.53 bits per heavy atom. The highest BCUT2D eigenvalue weighted by Gasteiger charge is 2.48. The summed E-state index contributed by atoms with van der Waals surface area (Å²) < 4.78 is 0. The number of nitrogens with one attached hydrogen (secondary N) is 1. The first-order chi connectivity index (χ1) is 9.23. The summed E-state index contributed by atoms with van der Waals surface area (Å²) >= 11 is 6.60. The van der Waals surface area contributed by atoms with Gasteiger partial charge in [0.2, 0.25) is 0 Å². The van der Waals surface area contributed by atoms with Crippen molar-refractivity contribution in [3.63, 3.8) is 0 Å². The van der Waals surface area contributed by atoms with E-state index < -0.39 is 4.87 Å². The second-order valence-electron chi connectivity index (χ2n) is 4.29. The Bertz CT molecular complexity index is 640. The Morgan fingerprint density at radius 1 is 0.947 bits per heavy atom. The zero-order valence-electron chi connectivity index (χ0n) is 10.0. The molecule has 1 atom stereocenters. The number of nitrogens with zero attached hydrogens (tertiary/aromatic N) is 1. The molecule has 1 aliphatic rings. The second kappa shape index (κ2) is 4.52. The molecule has 1 heterocycles. The molecular weight excluding hydrogens is 260 g/mol. The van der Waals surface area contributed by atoms with Gasteiger partial charge in [-0.2, -0.15) is 5.10 Å². The number of rotatable bonds is 2. The first-order valence-corrected chi connectivity index (χ1v) is 6.29. The van der Waals surface area contributed by atoms with Crippen LogP contribution in [0.25, 0.3) is 0 Å². The van der Waals surface area contributed by atoms with Crippen LogP contribution in [0.4, 0.5) is 0 Å². The van der Waals surface area contributed by atoms with E-state index in [0.717, 1.165) is 5.56 Å². The minimum Gasteiger partial charge on any atom is -0.270 e. The number of hydrogen-bond acceptors (Lipinski definition) is 2. The number of hydrazone groups is 1. The van der Waals surface area contributed by atoms with Crippen molar-refractivity contribution in [3.8, 4) is 0 Å². The van der Waals surface area contributed by atoms with Gasteiger partial charge in [0.25, 0.3) is 5.91 Å². The van der Waals surface area contributed by atoms with Gasteiger partial charge in [0.1, 0.15) is 5.71 Å². The third-order valence-corrected chi connectivity index (χ3v) is 3.70. The van der Waals surface area contributed by atoms with Crippen LogP contribution in [0.5, 0.6) is 0 Å². The quantitative estimate of drug-likeness (QED) is 0.838. The van der Waals surface area contributed by atoms with Crippen molar-refractivity contribution in [1.29, 1.82) is 0 Å². The average Bonchev–Trinajstić information content (AvgIpc) is 2.78. The van der Waals surface area contributed by atoms with Gasteiger partial charge in [-0.3, -0.25) is 4.79 Å². The standard InChI is InChI=1S/C15H11ClN2O/c16-15(12-9-5-2-6-10-12)13(17-18-14(15)19)11-7-3-1-4-8-11/h1-10H,(H,18,19). The highest BCUT2D eigenvalue weighted by molar-refractivity contribution is 6.50. The van der Waals surface area contributed by atoms with Crippen LogP contribution < -0.4 is 5.43 Å². The Morgan fingerprint density at radius 3 is 2.16 bits per heavy atom. The van der Waals surface area contributed by atoms with Crippen LogP contribution in [0, 0.1) is 0 Å². The van der Waals surface area contributed by atoms with Crippen molar-refractivity contribution in [2.75, 3.05) is 0 Å². The van der Waals surface area contributed by atoms with Crippen molar-refractivity contribution in [1.82, 2.24) is 5.43 Å². The molecule has 0 spiro atoms. The molecule has 1 N–H and O–H groups in total. The summed E-state index contributed by atoms with van der Waals surface area (Å²) in [4.78, 5) is 10.9. The third-order valence-electron chi connectivity index (χ3n) is 3.13. The molecule has 19 heavy (non-hydrogen) atoms. The van der Waals surface area contributed by atoms with Crippen molar-refractivity contribution in [3.05, 3.63) is 71.8 Å². The summed E-state index contributed by atoms with van der Waals surface area (Å²) in [7, 11) is 0. The second-order valence-corrected chi connectivity index (χ2v) is 4.86. The molecular formula is C15H11ClN2O. The summed E-state index contributed by atoms with van der Waals surface area (Å²) in [5, 5.41) is 4.10. The summed E-state index contributed by atoms with van der Waals surface area (Å²) in [5.74, 6) is -0.320. The lowest BCUT2D eigenvalue weighted by Gasteiger charge is -2.21. The lowest BCUT2D eigenvalue weighted by atomic mass is 9.89. The Kier molecular flexibility index (Phi) is 2.84. The molecule has 4 heteroatoms. The van der Waals surface area contributed by atoms with E-state index in [9.17, 15) is 4.79 Å². The van der Waals surface area contributed by atoms with Gasteiger partial charge in [0.05, 0.1) is 0 Å². The van der Waals surface area contributed by atoms with Gasteiger partial charge >= 0.3 is 0 Å². The molecule has 3 nitrogen and oxygen atoms in total. The maximum atomic E-state index is 12.1. The van der Waals surface area contributed by atoms with Gasteiger partial charge in [0.15, 0.2) is 4.87 Å². The monoisotopic (exact) mass is 270 g/mol. The predicted molar refractivity (Wildman–Crippen MR) is 75.1 cm³/mol. The highest BCUT2D eigenvalue weighted by Crippen LogP contribution is 2.36.